The maximum Gasteiger partial charge on any atom is 0.191 e. The van der Waals surface area contributed by atoms with Crippen LogP contribution in [0.1, 0.15) is 64.1 Å². The lowest BCUT2D eigenvalue weighted by Crippen LogP contribution is -2.43. The zero-order chi connectivity index (χ0) is 21.8. The fraction of sp³-hybridized carbons (Fsp3) is 0.826. The minimum absolute atomic E-state index is 0.246. The van der Waals surface area contributed by atoms with E-state index in [1.54, 1.807) is 11.3 Å². The lowest BCUT2D eigenvalue weighted by molar-refractivity contribution is 0.176. The van der Waals surface area contributed by atoms with Crippen LogP contribution in [0.15, 0.2) is 10.4 Å². The molecular formula is C23H43N5OS. The van der Waals surface area contributed by atoms with Crippen LogP contribution >= 0.6 is 11.3 Å². The first-order valence-electron chi connectivity index (χ1n) is 11.8. The summed E-state index contributed by atoms with van der Waals surface area (Å²) >= 11 is 1.79. The number of thiazole rings is 1. The number of nitrogens with zero attached hydrogens (tertiary/aromatic N) is 3. The summed E-state index contributed by atoms with van der Waals surface area (Å²) < 4.78 is 0. The molecule has 0 spiro atoms. The molecule has 7 heteroatoms. The van der Waals surface area contributed by atoms with Gasteiger partial charge in [0.1, 0.15) is 0 Å². The second-order valence-corrected chi connectivity index (χ2v) is 9.86. The Labute approximate surface area is 187 Å². The maximum absolute atomic E-state index is 9.33. The third-order valence-electron chi connectivity index (χ3n) is 5.75. The standard InChI is InChI=1S/C23H43N5OS/c1-5-22-27-21(17-30-22)16-28-10-7-19(8-11-28)14-25-23(24-6-2)26-15-20(9-12-29)13-18(3)4/h17-20,29H,5-16H2,1-4H3,(H2,24,25,26). The van der Waals surface area contributed by atoms with Crippen LogP contribution < -0.4 is 10.6 Å². The highest BCUT2D eigenvalue weighted by atomic mass is 32.1. The first-order valence-corrected chi connectivity index (χ1v) is 12.7. The minimum atomic E-state index is 0.246. The van der Waals surface area contributed by atoms with Crippen molar-refractivity contribution in [1.29, 1.82) is 0 Å². The van der Waals surface area contributed by atoms with Crippen LogP contribution in [0.4, 0.5) is 0 Å². The highest BCUT2D eigenvalue weighted by molar-refractivity contribution is 7.09. The summed E-state index contributed by atoms with van der Waals surface area (Å²) in [6.45, 7) is 14.9. The third kappa shape index (κ3) is 9.31. The number of piperidine rings is 1. The van der Waals surface area contributed by atoms with Crippen LogP contribution in [-0.4, -0.2) is 60.3 Å². The van der Waals surface area contributed by atoms with Crippen LogP contribution in [0.2, 0.25) is 0 Å². The number of aliphatic hydroxyl groups excluding tert-OH is 1. The van der Waals surface area contributed by atoms with E-state index in [0.29, 0.717) is 17.8 Å². The van der Waals surface area contributed by atoms with E-state index in [4.69, 9.17) is 9.98 Å². The maximum atomic E-state index is 9.33. The Morgan fingerprint density at radius 2 is 2.07 bits per heavy atom. The minimum Gasteiger partial charge on any atom is -0.396 e. The molecule has 0 bridgehead atoms. The first kappa shape index (κ1) is 25.1. The van der Waals surface area contributed by atoms with Gasteiger partial charge < -0.3 is 15.7 Å². The Morgan fingerprint density at radius 3 is 2.67 bits per heavy atom. The third-order valence-corrected chi connectivity index (χ3v) is 6.79. The van der Waals surface area contributed by atoms with E-state index in [1.807, 2.05) is 0 Å². The predicted molar refractivity (Wildman–Crippen MR) is 128 cm³/mol. The Morgan fingerprint density at radius 1 is 1.30 bits per heavy atom. The molecule has 1 aromatic heterocycles. The lowest BCUT2D eigenvalue weighted by atomic mass is 9.94. The Balaban J connectivity index is 1.75. The van der Waals surface area contributed by atoms with Crippen molar-refractivity contribution in [3.05, 3.63) is 16.1 Å². The van der Waals surface area contributed by atoms with Gasteiger partial charge in [-0.1, -0.05) is 20.8 Å². The highest BCUT2D eigenvalue weighted by Gasteiger charge is 2.20. The van der Waals surface area contributed by atoms with E-state index in [2.05, 4.69) is 48.6 Å². The molecule has 1 atom stereocenters. The molecule has 1 aromatic rings. The lowest BCUT2D eigenvalue weighted by Gasteiger charge is -2.31. The average Bonchev–Trinajstić information content (AvgIpc) is 3.18. The van der Waals surface area contributed by atoms with Gasteiger partial charge in [-0.25, -0.2) is 4.98 Å². The summed E-state index contributed by atoms with van der Waals surface area (Å²) in [4.78, 5) is 12.1. The van der Waals surface area contributed by atoms with Crippen molar-refractivity contribution in [3.63, 3.8) is 0 Å². The van der Waals surface area contributed by atoms with Gasteiger partial charge in [-0.05, 0) is 69.9 Å². The Bertz CT molecular complexity index is 610. The SMILES string of the molecule is CCNC(=NCC(CCO)CC(C)C)NCC1CCN(Cc2csc(CC)n2)CC1. The summed E-state index contributed by atoms with van der Waals surface area (Å²) in [6, 6.07) is 0. The summed E-state index contributed by atoms with van der Waals surface area (Å²) in [5, 5.41) is 19.7. The number of aromatic nitrogens is 1. The van der Waals surface area contributed by atoms with E-state index < -0.39 is 0 Å². The first-order chi connectivity index (χ1) is 14.5. The molecule has 2 heterocycles. The van der Waals surface area contributed by atoms with Crippen molar-refractivity contribution in [1.82, 2.24) is 20.5 Å². The van der Waals surface area contributed by atoms with Crippen molar-refractivity contribution in [2.75, 3.05) is 39.3 Å². The molecule has 6 nitrogen and oxygen atoms in total. The van der Waals surface area contributed by atoms with Gasteiger partial charge in [-0.15, -0.1) is 11.3 Å². The number of rotatable bonds is 12. The molecule has 0 aromatic carbocycles. The smallest absolute Gasteiger partial charge is 0.191 e. The summed E-state index contributed by atoms with van der Waals surface area (Å²) in [7, 11) is 0. The highest BCUT2D eigenvalue weighted by Crippen LogP contribution is 2.20. The molecular weight excluding hydrogens is 394 g/mol. The number of aliphatic hydroxyl groups is 1. The second-order valence-electron chi connectivity index (χ2n) is 8.91. The molecule has 0 saturated carbocycles. The van der Waals surface area contributed by atoms with Crippen molar-refractivity contribution in [3.8, 4) is 0 Å². The summed E-state index contributed by atoms with van der Waals surface area (Å²) in [6.07, 6.45) is 5.42. The normalized spacial score (nSPS) is 17.5. The number of nitrogens with one attached hydrogen (secondary N) is 2. The second kappa shape index (κ2) is 14.0. The van der Waals surface area contributed by atoms with Gasteiger partial charge in [0.25, 0.3) is 0 Å². The predicted octanol–water partition coefficient (Wildman–Crippen LogP) is 3.52. The van der Waals surface area contributed by atoms with E-state index in [9.17, 15) is 5.11 Å². The number of likely N-dealkylation sites (tertiary alicyclic amines) is 1. The summed E-state index contributed by atoms with van der Waals surface area (Å²) in [5.74, 6) is 2.69. The zero-order valence-electron chi connectivity index (χ0n) is 19.5. The molecule has 30 heavy (non-hydrogen) atoms. The Kier molecular flexibility index (Phi) is 11.7. The van der Waals surface area contributed by atoms with Crippen LogP contribution in [0.3, 0.4) is 0 Å². The van der Waals surface area contributed by atoms with Gasteiger partial charge in [-0.2, -0.15) is 0 Å². The molecule has 1 saturated heterocycles. The van der Waals surface area contributed by atoms with Gasteiger partial charge in [0, 0.05) is 38.2 Å². The van der Waals surface area contributed by atoms with Crippen molar-refractivity contribution >= 4 is 17.3 Å². The molecule has 0 amide bonds. The fourth-order valence-electron chi connectivity index (χ4n) is 4.10. The van der Waals surface area contributed by atoms with Crippen LogP contribution in [-0.2, 0) is 13.0 Å². The number of guanidine groups is 1. The van der Waals surface area contributed by atoms with E-state index in [-0.39, 0.29) is 6.61 Å². The van der Waals surface area contributed by atoms with E-state index >= 15 is 0 Å². The largest absolute Gasteiger partial charge is 0.396 e. The van der Waals surface area contributed by atoms with Gasteiger partial charge >= 0.3 is 0 Å². The molecule has 3 N–H and O–H groups in total. The number of aliphatic imine (C=N–C) groups is 1. The fourth-order valence-corrected chi connectivity index (χ4v) is 4.83. The van der Waals surface area contributed by atoms with Gasteiger partial charge in [0.2, 0.25) is 0 Å². The zero-order valence-corrected chi connectivity index (χ0v) is 20.3. The quantitative estimate of drug-likeness (QED) is 0.345. The monoisotopic (exact) mass is 437 g/mol. The van der Waals surface area contributed by atoms with Crippen LogP contribution in [0.5, 0.6) is 0 Å². The van der Waals surface area contributed by atoms with Crippen molar-refractivity contribution < 1.29 is 5.11 Å². The number of hydrogen-bond donors (Lipinski definition) is 3. The van der Waals surface area contributed by atoms with Crippen LogP contribution in [0, 0.1) is 17.8 Å². The molecule has 2 rings (SSSR count). The Hall–Kier alpha value is -1.18. The molecule has 1 aliphatic rings. The van der Waals surface area contributed by atoms with E-state index in [1.165, 1.54) is 23.5 Å². The molecule has 172 valence electrons. The van der Waals surface area contributed by atoms with Crippen molar-refractivity contribution in [2.24, 2.45) is 22.7 Å². The average molecular weight is 438 g/mol. The number of aryl methyl sites for hydroxylation is 1. The van der Waals surface area contributed by atoms with Crippen molar-refractivity contribution in [2.45, 2.75) is 66.3 Å². The van der Waals surface area contributed by atoms with Crippen LogP contribution in [0.25, 0.3) is 0 Å². The molecule has 0 radical (unpaired) electrons. The van der Waals surface area contributed by atoms with Gasteiger partial charge in [0.05, 0.1) is 10.7 Å². The molecule has 0 aliphatic carbocycles. The molecule has 1 unspecified atom stereocenters. The molecule has 1 fully saturated rings. The topological polar surface area (TPSA) is 72.8 Å². The number of hydrogen-bond acceptors (Lipinski definition) is 5. The summed E-state index contributed by atoms with van der Waals surface area (Å²) in [5.41, 5.74) is 1.23. The van der Waals surface area contributed by atoms with Gasteiger partial charge in [0.15, 0.2) is 5.96 Å². The van der Waals surface area contributed by atoms with Gasteiger partial charge in [-0.3, -0.25) is 9.89 Å². The van der Waals surface area contributed by atoms with E-state index in [0.717, 1.165) is 64.5 Å². The molecule has 1 aliphatic heterocycles.